The molecule has 2 aromatic carbocycles. The zero-order valence-electron chi connectivity index (χ0n) is 11.9. The van der Waals surface area contributed by atoms with Crippen molar-refractivity contribution in [1.29, 1.82) is 5.26 Å². The van der Waals surface area contributed by atoms with Crippen LogP contribution in [-0.4, -0.2) is 19.5 Å². The zero-order valence-corrected chi connectivity index (χ0v) is 13.4. The lowest BCUT2D eigenvalue weighted by molar-refractivity contribution is 0.0697. The van der Waals surface area contributed by atoms with Crippen LogP contribution in [0.1, 0.15) is 21.5 Å². The van der Waals surface area contributed by atoms with Gasteiger partial charge < -0.3 is 5.11 Å². The molecular formula is C15H11ClN2O4S. The van der Waals surface area contributed by atoms with Gasteiger partial charge in [0.2, 0.25) is 0 Å². The lowest BCUT2D eigenvalue weighted by Gasteiger charge is -2.11. The number of sulfonamides is 1. The van der Waals surface area contributed by atoms with Crippen molar-refractivity contribution in [2.24, 2.45) is 0 Å². The molecule has 23 heavy (non-hydrogen) atoms. The Morgan fingerprint density at radius 1 is 1.26 bits per heavy atom. The Kier molecular flexibility index (Phi) is 4.59. The third kappa shape index (κ3) is 3.62. The van der Waals surface area contributed by atoms with Gasteiger partial charge in [-0.25, -0.2) is 13.2 Å². The van der Waals surface area contributed by atoms with Crippen LogP contribution in [-0.2, 0) is 10.0 Å². The summed E-state index contributed by atoms with van der Waals surface area (Å²) >= 11 is 5.85. The van der Waals surface area contributed by atoms with Gasteiger partial charge in [-0.1, -0.05) is 11.6 Å². The third-order valence-corrected chi connectivity index (χ3v) is 4.76. The fourth-order valence-corrected chi connectivity index (χ4v) is 3.31. The first-order valence-corrected chi connectivity index (χ1v) is 8.17. The molecule has 0 atom stereocenters. The number of carboxylic acids is 1. The Labute approximate surface area is 138 Å². The first kappa shape index (κ1) is 16.8. The van der Waals surface area contributed by atoms with Crippen LogP contribution in [0.2, 0.25) is 5.02 Å². The van der Waals surface area contributed by atoms with Crippen molar-refractivity contribution in [3.05, 3.63) is 58.1 Å². The van der Waals surface area contributed by atoms with Crippen LogP contribution in [0.15, 0.2) is 41.3 Å². The number of halogens is 1. The summed E-state index contributed by atoms with van der Waals surface area (Å²) < 4.78 is 27.1. The molecule has 0 fully saturated rings. The van der Waals surface area contributed by atoms with Crippen molar-refractivity contribution in [1.82, 2.24) is 0 Å². The quantitative estimate of drug-likeness (QED) is 0.881. The molecule has 0 aliphatic rings. The first-order valence-electron chi connectivity index (χ1n) is 6.31. The summed E-state index contributed by atoms with van der Waals surface area (Å²) in [5.41, 5.74) is 0.961. The van der Waals surface area contributed by atoms with Gasteiger partial charge in [0.15, 0.2) is 0 Å². The number of aryl methyl sites for hydroxylation is 1. The molecule has 0 heterocycles. The van der Waals surface area contributed by atoms with E-state index in [2.05, 4.69) is 4.72 Å². The summed E-state index contributed by atoms with van der Waals surface area (Å²) in [6, 6.07) is 9.67. The number of carboxylic acid groups (broad SMARTS) is 1. The molecule has 0 amide bonds. The summed E-state index contributed by atoms with van der Waals surface area (Å²) in [4.78, 5) is 10.8. The predicted molar refractivity (Wildman–Crippen MR) is 85.1 cm³/mol. The monoisotopic (exact) mass is 350 g/mol. The summed E-state index contributed by atoms with van der Waals surface area (Å²) in [5.74, 6) is -1.10. The summed E-state index contributed by atoms with van der Waals surface area (Å²) in [5, 5.41) is 17.8. The molecule has 0 unspecified atom stereocenters. The molecule has 2 aromatic rings. The molecule has 0 aromatic heterocycles. The maximum atomic E-state index is 12.4. The molecule has 0 bridgehead atoms. The highest BCUT2D eigenvalue weighted by Crippen LogP contribution is 2.24. The van der Waals surface area contributed by atoms with Gasteiger partial charge >= 0.3 is 5.97 Å². The average molecular weight is 351 g/mol. The van der Waals surface area contributed by atoms with Gasteiger partial charge in [0.25, 0.3) is 10.0 Å². The third-order valence-electron chi connectivity index (χ3n) is 3.09. The van der Waals surface area contributed by atoms with Crippen molar-refractivity contribution in [2.45, 2.75) is 11.8 Å². The lowest BCUT2D eigenvalue weighted by Crippen LogP contribution is -2.14. The fraction of sp³-hybridized carbons (Fsp3) is 0.0667. The molecule has 2 rings (SSSR count). The number of nitrogens with one attached hydrogen (secondary N) is 1. The normalized spacial score (nSPS) is 10.8. The summed E-state index contributed by atoms with van der Waals surface area (Å²) in [7, 11) is -3.91. The van der Waals surface area contributed by atoms with E-state index in [9.17, 15) is 13.2 Å². The van der Waals surface area contributed by atoms with E-state index < -0.39 is 16.0 Å². The molecule has 2 N–H and O–H groups in total. The van der Waals surface area contributed by atoms with Crippen LogP contribution >= 0.6 is 11.6 Å². The Morgan fingerprint density at radius 3 is 2.48 bits per heavy atom. The van der Waals surface area contributed by atoms with Gasteiger partial charge in [0.1, 0.15) is 6.07 Å². The maximum absolute atomic E-state index is 12.4. The molecule has 0 radical (unpaired) electrons. The zero-order chi connectivity index (χ0) is 17.2. The molecule has 8 heteroatoms. The standard InChI is InChI=1S/C15H11ClN2O4S/c1-9-6-10(15(19)20)3-5-14(9)18-23(21,22)12-4-2-11(8-17)13(16)7-12/h2-7,18H,1H3,(H,19,20). The van der Waals surface area contributed by atoms with Crippen molar-refractivity contribution >= 4 is 33.3 Å². The number of nitrogens with zero attached hydrogens (tertiary/aromatic N) is 1. The molecular weight excluding hydrogens is 340 g/mol. The lowest BCUT2D eigenvalue weighted by atomic mass is 10.1. The molecule has 6 nitrogen and oxygen atoms in total. The van der Waals surface area contributed by atoms with Gasteiger partial charge in [-0.2, -0.15) is 5.26 Å². The fourth-order valence-electron chi connectivity index (χ4n) is 1.87. The Morgan fingerprint density at radius 2 is 1.96 bits per heavy atom. The highest BCUT2D eigenvalue weighted by atomic mass is 35.5. The Bertz CT molecular complexity index is 933. The molecule has 0 saturated heterocycles. The summed E-state index contributed by atoms with van der Waals surface area (Å²) in [6.07, 6.45) is 0. The smallest absolute Gasteiger partial charge is 0.335 e. The molecule has 118 valence electrons. The van der Waals surface area contributed by atoms with E-state index in [4.69, 9.17) is 22.0 Å². The number of nitriles is 1. The van der Waals surface area contributed by atoms with E-state index >= 15 is 0 Å². The van der Waals surface area contributed by atoms with Crippen LogP contribution in [0.5, 0.6) is 0 Å². The van der Waals surface area contributed by atoms with E-state index in [1.807, 2.05) is 6.07 Å². The number of aromatic carboxylic acids is 1. The minimum atomic E-state index is -3.91. The van der Waals surface area contributed by atoms with Crippen LogP contribution in [0.25, 0.3) is 0 Å². The van der Waals surface area contributed by atoms with Crippen molar-refractivity contribution in [3.63, 3.8) is 0 Å². The molecule has 0 aliphatic carbocycles. The number of benzene rings is 2. The number of hydrogen-bond donors (Lipinski definition) is 2. The Hall–Kier alpha value is -2.56. The second-order valence-electron chi connectivity index (χ2n) is 4.69. The second kappa shape index (κ2) is 6.28. The van der Waals surface area contributed by atoms with Crippen molar-refractivity contribution in [2.75, 3.05) is 4.72 Å². The highest BCUT2D eigenvalue weighted by Gasteiger charge is 2.17. The van der Waals surface area contributed by atoms with Crippen LogP contribution < -0.4 is 4.72 Å². The number of carbonyl (C=O) groups is 1. The van der Waals surface area contributed by atoms with Gasteiger partial charge in [-0.15, -0.1) is 0 Å². The first-order chi connectivity index (χ1) is 10.7. The van der Waals surface area contributed by atoms with E-state index in [1.54, 1.807) is 6.92 Å². The summed E-state index contributed by atoms with van der Waals surface area (Å²) in [6.45, 7) is 1.59. The minimum absolute atomic E-state index is 0.0355. The number of rotatable bonds is 4. The number of hydrogen-bond acceptors (Lipinski definition) is 4. The Balaban J connectivity index is 2.37. The van der Waals surface area contributed by atoms with Crippen LogP contribution in [0.4, 0.5) is 5.69 Å². The van der Waals surface area contributed by atoms with Gasteiger partial charge in [-0.3, -0.25) is 4.72 Å². The van der Waals surface area contributed by atoms with E-state index in [-0.39, 0.29) is 26.7 Å². The number of anilines is 1. The van der Waals surface area contributed by atoms with Gasteiger partial charge in [0.05, 0.1) is 26.7 Å². The van der Waals surface area contributed by atoms with Crippen molar-refractivity contribution < 1.29 is 18.3 Å². The molecule has 0 aliphatic heterocycles. The maximum Gasteiger partial charge on any atom is 0.335 e. The molecule has 0 spiro atoms. The van der Waals surface area contributed by atoms with E-state index in [0.717, 1.165) is 0 Å². The molecule has 0 saturated carbocycles. The van der Waals surface area contributed by atoms with Gasteiger partial charge in [0, 0.05) is 0 Å². The predicted octanol–water partition coefficient (Wildman–Crippen LogP) is 3.02. The largest absolute Gasteiger partial charge is 0.478 e. The van der Waals surface area contributed by atoms with Crippen molar-refractivity contribution in [3.8, 4) is 6.07 Å². The highest BCUT2D eigenvalue weighted by molar-refractivity contribution is 7.92. The van der Waals surface area contributed by atoms with Crippen LogP contribution in [0.3, 0.4) is 0 Å². The average Bonchev–Trinajstić information content (AvgIpc) is 2.48. The van der Waals surface area contributed by atoms with Gasteiger partial charge in [-0.05, 0) is 48.9 Å². The minimum Gasteiger partial charge on any atom is -0.478 e. The van der Waals surface area contributed by atoms with Crippen LogP contribution in [0, 0.1) is 18.3 Å². The topological polar surface area (TPSA) is 107 Å². The van der Waals surface area contributed by atoms with E-state index in [1.165, 1.54) is 36.4 Å². The van der Waals surface area contributed by atoms with E-state index in [0.29, 0.717) is 5.56 Å². The second-order valence-corrected chi connectivity index (χ2v) is 6.78. The SMILES string of the molecule is Cc1cc(C(=O)O)ccc1NS(=O)(=O)c1ccc(C#N)c(Cl)c1.